The van der Waals surface area contributed by atoms with Crippen molar-refractivity contribution in [2.75, 3.05) is 10.7 Å². The molecule has 0 saturated heterocycles. The maximum absolute atomic E-state index is 13.6. The number of nitrogens with two attached hydrogens (primary N) is 1. The Morgan fingerprint density at radius 2 is 1.76 bits per heavy atom. The number of hydrazine groups is 1. The first kappa shape index (κ1) is 14.9. The van der Waals surface area contributed by atoms with Gasteiger partial charge in [-0.15, -0.1) is 0 Å². The Labute approximate surface area is 120 Å². The molecule has 2 aromatic carbocycles. The lowest BCUT2D eigenvalue weighted by molar-refractivity contribution is 0.102. The number of benzene rings is 2. The third kappa shape index (κ3) is 3.00. The number of rotatable bonds is 3. The number of amides is 1. The molecule has 0 unspecified atom stereocenters. The first-order chi connectivity index (χ1) is 9.93. The Bertz CT molecular complexity index is 678. The van der Waals surface area contributed by atoms with Gasteiger partial charge in [0.25, 0.3) is 5.91 Å². The van der Waals surface area contributed by atoms with Crippen LogP contribution in [0.1, 0.15) is 21.5 Å². The van der Waals surface area contributed by atoms with Crippen LogP contribution < -0.4 is 16.6 Å². The largest absolute Gasteiger partial charge is 0.322 e. The van der Waals surface area contributed by atoms with Gasteiger partial charge >= 0.3 is 0 Å². The first-order valence-electron chi connectivity index (χ1n) is 6.27. The molecule has 0 saturated carbocycles. The molecule has 0 fully saturated rings. The van der Waals surface area contributed by atoms with Crippen LogP contribution >= 0.6 is 0 Å². The summed E-state index contributed by atoms with van der Waals surface area (Å²) in [6.07, 6.45) is 0. The minimum Gasteiger partial charge on any atom is -0.322 e. The molecule has 1 amide bonds. The van der Waals surface area contributed by atoms with Crippen LogP contribution in [0.3, 0.4) is 0 Å². The quantitative estimate of drug-likeness (QED) is 0.601. The third-order valence-electron chi connectivity index (χ3n) is 3.30. The van der Waals surface area contributed by atoms with Gasteiger partial charge in [-0.3, -0.25) is 10.6 Å². The molecule has 0 aromatic heterocycles. The van der Waals surface area contributed by atoms with Gasteiger partial charge < -0.3 is 10.7 Å². The second kappa shape index (κ2) is 5.88. The highest BCUT2D eigenvalue weighted by atomic mass is 19.1. The molecule has 0 bridgehead atoms. The zero-order valence-electron chi connectivity index (χ0n) is 11.6. The molecule has 0 aliphatic carbocycles. The Kier molecular flexibility index (Phi) is 4.18. The number of carbonyl (C=O) groups is 1. The van der Waals surface area contributed by atoms with Gasteiger partial charge in [0, 0.05) is 11.3 Å². The molecule has 0 radical (unpaired) electrons. The number of nitrogens with one attached hydrogen (secondary N) is 2. The normalized spacial score (nSPS) is 10.3. The smallest absolute Gasteiger partial charge is 0.255 e. The van der Waals surface area contributed by atoms with Crippen molar-refractivity contribution in [2.24, 2.45) is 5.84 Å². The van der Waals surface area contributed by atoms with E-state index in [2.05, 4.69) is 5.32 Å². The third-order valence-corrected chi connectivity index (χ3v) is 3.30. The molecule has 0 aliphatic heterocycles. The predicted octanol–water partition coefficient (Wildman–Crippen LogP) is 3.12. The molecule has 21 heavy (non-hydrogen) atoms. The summed E-state index contributed by atoms with van der Waals surface area (Å²) in [5.41, 5.74) is 3.82. The second-order valence-corrected chi connectivity index (χ2v) is 4.66. The van der Waals surface area contributed by atoms with Gasteiger partial charge in [-0.25, -0.2) is 8.78 Å². The zero-order chi connectivity index (χ0) is 15.6. The number of anilines is 2. The van der Waals surface area contributed by atoms with E-state index in [-0.39, 0.29) is 5.56 Å². The Morgan fingerprint density at radius 3 is 2.33 bits per heavy atom. The van der Waals surface area contributed by atoms with Gasteiger partial charge in [-0.2, -0.15) is 0 Å². The van der Waals surface area contributed by atoms with Gasteiger partial charge in [-0.05, 0) is 43.2 Å². The standard InChI is InChI=1S/C15H15F2N3O/c1-8-4-3-5-13(9(8)2)19-15(21)10-6-11(16)14(20-18)12(17)7-10/h3-7,20H,18H2,1-2H3,(H,19,21). The Hall–Kier alpha value is -2.47. The highest BCUT2D eigenvalue weighted by Gasteiger charge is 2.15. The summed E-state index contributed by atoms with van der Waals surface area (Å²) < 4.78 is 27.2. The Morgan fingerprint density at radius 1 is 1.14 bits per heavy atom. The number of hydrogen-bond donors (Lipinski definition) is 3. The van der Waals surface area contributed by atoms with Crippen LogP contribution in [0, 0.1) is 25.5 Å². The lowest BCUT2D eigenvalue weighted by atomic mass is 10.1. The highest BCUT2D eigenvalue weighted by Crippen LogP contribution is 2.22. The van der Waals surface area contributed by atoms with Crippen molar-refractivity contribution < 1.29 is 13.6 Å². The maximum Gasteiger partial charge on any atom is 0.255 e. The van der Waals surface area contributed by atoms with Gasteiger partial charge in [0.1, 0.15) is 5.69 Å². The molecule has 0 spiro atoms. The number of aryl methyl sites for hydroxylation is 1. The van der Waals surface area contributed by atoms with Crippen molar-refractivity contribution in [1.29, 1.82) is 0 Å². The molecular formula is C15H15F2N3O. The lowest BCUT2D eigenvalue weighted by Crippen LogP contribution is -2.16. The van der Waals surface area contributed by atoms with Gasteiger partial charge in [0.2, 0.25) is 0 Å². The minimum atomic E-state index is -0.927. The van der Waals surface area contributed by atoms with Crippen LogP contribution in [0.25, 0.3) is 0 Å². The molecule has 0 atom stereocenters. The summed E-state index contributed by atoms with van der Waals surface area (Å²) in [6, 6.07) is 7.28. The second-order valence-electron chi connectivity index (χ2n) is 4.66. The SMILES string of the molecule is Cc1cccc(NC(=O)c2cc(F)c(NN)c(F)c2)c1C. The monoisotopic (exact) mass is 291 g/mol. The first-order valence-corrected chi connectivity index (χ1v) is 6.27. The fourth-order valence-corrected chi connectivity index (χ4v) is 1.92. The predicted molar refractivity (Wildman–Crippen MR) is 78.0 cm³/mol. The van der Waals surface area contributed by atoms with Crippen molar-refractivity contribution in [3.05, 3.63) is 58.7 Å². The molecule has 0 aliphatic rings. The maximum atomic E-state index is 13.6. The average Bonchev–Trinajstić information content (AvgIpc) is 2.43. The number of halogens is 2. The van der Waals surface area contributed by atoms with E-state index in [0.29, 0.717) is 5.69 Å². The van der Waals surface area contributed by atoms with E-state index in [1.54, 1.807) is 12.1 Å². The summed E-state index contributed by atoms with van der Waals surface area (Å²) in [5.74, 6) is 2.56. The number of carbonyl (C=O) groups excluding carboxylic acids is 1. The van der Waals surface area contributed by atoms with E-state index in [4.69, 9.17) is 5.84 Å². The van der Waals surface area contributed by atoms with E-state index in [9.17, 15) is 13.6 Å². The van der Waals surface area contributed by atoms with E-state index in [1.807, 2.05) is 25.3 Å². The topological polar surface area (TPSA) is 67.2 Å². The molecule has 4 N–H and O–H groups in total. The van der Waals surface area contributed by atoms with E-state index in [1.165, 1.54) is 0 Å². The highest BCUT2D eigenvalue weighted by molar-refractivity contribution is 6.05. The van der Waals surface area contributed by atoms with Crippen LogP contribution in [0.5, 0.6) is 0 Å². The van der Waals surface area contributed by atoms with E-state index in [0.717, 1.165) is 23.3 Å². The van der Waals surface area contributed by atoms with E-state index < -0.39 is 23.2 Å². The molecular weight excluding hydrogens is 276 g/mol. The van der Waals surface area contributed by atoms with Crippen molar-refractivity contribution in [1.82, 2.24) is 0 Å². The van der Waals surface area contributed by atoms with E-state index >= 15 is 0 Å². The molecule has 110 valence electrons. The van der Waals surface area contributed by atoms with Gasteiger partial charge in [0.05, 0.1) is 0 Å². The molecule has 2 rings (SSSR count). The van der Waals surface area contributed by atoms with Crippen LogP contribution in [0.15, 0.2) is 30.3 Å². The molecule has 0 heterocycles. The van der Waals surface area contributed by atoms with Gasteiger partial charge in [0.15, 0.2) is 11.6 Å². The minimum absolute atomic E-state index is 0.120. The fraction of sp³-hybridized carbons (Fsp3) is 0.133. The van der Waals surface area contributed by atoms with Crippen LogP contribution in [0.2, 0.25) is 0 Å². The van der Waals surface area contributed by atoms with Crippen molar-refractivity contribution in [2.45, 2.75) is 13.8 Å². The van der Waals surface area contributed by atoms with Crippen LogP contribution in [-0.2, 0) is 0 Å². The summed E-state index contributed by atoms with van der Waals surface area (Å²) in [7, 11) is 0. The molecule has 6 heteroatoms. The zero-order valence-corrected chi connectivity index (χ0v) is 11.6. The molecule has 2 aromatic rings. The summed E-state index contributed by atoms with van der Waals surface area (Å²) >= 11 is 0. The number of nitrogen functional groups attached to an aromatic ring is 1. The van der Waals surface area contributed by atoms with Crippen molar-refractivity contribution >= 4 is 17.3 Å². The molecule has 4 nitrogen and oxygen atoms in total. The van der Waals surface area contributed by atoms with Gasteiger partial charge in [-0.1, -0.05) is 12.1 Å². The van der Waals surface area contributed by atoms with Crippen LogP contribution in [0.4, 0.5) is 20.2 Å². The average molecular weight is 291 g/mol. The van der Waals surface area contributed by atoms with Crippen LogP contribution in [-0.4, -0.2) is 5.91 Å². The summed E-state index contributed by atoms with van der Waals surface area (Å²) in [4.78, 5) is 12.1. The number of hydrogen-bond acceptors (Lipinski definition) is 3. The lowest BCUT2D eigenvalue weighted by Gasteiger charge is -2.11. The summed E-state index contributed by atoms with van der Waals surface area (Å²) in [5, 5.41) is 2.64. The Balaban J connectivity index is 2.31. The fourth-order valence-electron chi connectivity index (χ4n) is 1.92. The summed E-state index contributed by atoms with van der Waals surface area (Å²) in [6.45, 7) is 3.76. The van der Waals surface area contributed by atoms with Crippen molar-refractivity contribution in [3.8, 4) is 0 Å². The van der Waals surface area contributed by atoms with Crippen molar-refractivity contribution in [3.63, 3.8) is 0 Å².